The van der Waals surface area contributed by atoms with Crippen LogP contribution < -0.4 is 5.32 Å². The molecule has 0 aliphatic carbocycles. The highest BCUT2D eigenvalue weighted by Crippen LogP contribution is 2.19. The number of nitrogens with zero attached hydrogens (tertiary/aromatic N) is 3. The Balaban J connectivity index is 1.80. The maximum Gasteiger partial charge on any atom is 0.226 e. The SMILES string of the molecule is CCc1ccc(CNc2nc(Cl)nc3nc[nH]c23)cc1. The summed E-state index contributed by atoms with van der Waals surface area (Å²) in [4.78, 5) is 15.3. The predicted octanol–water partition coefficient (Wildman–Crippen LogP) is 3.18. The number of fused-ring (bicyclic) bond motifs is 1. The van der Waals surface area contributed by atoms with Gasteiger partial charge in [0.15, 0.2) is 11.5 Å². The summed E-state index contributed by atoms with van der Waals surface area (Å²) in [7, 11) is 0. The molecule has 1 aromatic carbocycles. The molecular formula is C14H14ClN5. The number of anilines is 1. The van der Waals surface area contributed by atoms with E-state index >= 15 is 0 Å². The minimum absolute atomic E-state index is 0.188. The zero-order chi connectivity index (χ0) is 13.9. The molecule has 0 amide bonds. The van der Waals surface area contributed by atoms with Gasteiger partial charge in [-0.1, -0.05) is 31.2 Å². The van der Waals surface area contributed by atoms with E-state index in [1.54, 1.807) is 6.33 Å². The smallest absolute Gasteiger partial charge is 0.226 e. The fourth-order valence-electron chi connectivity index (χ4n) is 2.01. The molecule has 0 fully saturated rings. The Morgan fingerprint density at radius 1 is 1.15 bits per heavy atom. The van der Waals surface area contributed by atoms with Crippen molar-refractivity contribution in [3.05, 3.63) is 47.0 Å². The van der Waals surface area contributed by atoms with E-state index in [1.165, 1.54) is 11.1 Å². The largest absolute Gasteiger partial charge is 0.364 e. The van der Waals surface area contributed by atoms with Crippen LogP contribution in [0.3, 0.4) is 0 Å². The number of nitrogens with one attached hydrogen (secondary N) is 2. The van der Waals surface area contributed by atoms with E-state index in [2.05, 4.69) is 56.4 Å². The maximum atomic E-state index is 5.89. The predicted molar refractivity (Wildman–Crippen MR) is 79.8 cm³/mol. The Morgan fingerprint density at radius 3 is 2.65 bits per heavy atom. The van der Waals surface area contributed by atoms with Gasteiger partial charge in [0.1, 0.15) is 5.52 Å². The highest BCUT2D eigenvalue weighted by atomic mass is 35.5. The molecule has 2 aromatic heterocycles. The van der Waals surface area contributed by atoms with Crippen LogP contribution in [-0.4, -0.2) is 19.9 Å². The van der Waals surface area contributed by atoms with E-state index in [0.29, 0.717) is 18.0 Å². The summed E-state index contributed by atoms with van der Waals surface area (Å²) in [6.45, 7) is 2.82. The van der Waals surface area contributed by atoms with Gasteiger partial charge in [0.2, 0.25) is 5.28 Å². The summed E-state index contributed by atoms with van der Waals surface area (Å²) in [5.74, 6) is 0.664. The minimum atomic E-state index is 0.188. The van der Waals surface area contributed by atoms with Crippen molar-refractivity contribution in [1.29, 1.82) is 0 Å². The van der Waals surface area contributed by atoms with Crippen LogP contribution in [0.1, 0.15) is 18.1 Å². The fraction of sp³-hybridized carbons (Fsp3) is 0.214. The lowest BCUT2D eigenvalue weighted by atomic mass is 10.1. The number of aromatic nitrogens is 4. The topological polar surface area (TPSA) is 66.5 Å². The number of hydrogen-bond donors (Lipinski definition) is 2. The molecule has 102 valence electrons. The van der Waals surface area contributed by atoms with Crippen LogP contribution in [-0.2, 0) is 13.0 Å². The van der Waals surface area contributed by atoms with Crippen LogP contribution in [0.5, 0.6) is 0 Å². The normalized spacial score (nSPS) is 10.9. The monoisotopic (exact) mass is 287 g/mol. The molecular weight excluding hydrogens is 274 g/mol. The highest BCUT2D eigenvalue weighted by Gasteiger charge is 2.08. The van der Waals surface area contributed by atoms with Gasteiger partial charge in [-0.3, -0.25) is 0 Å². The molecule has 3 rings (SSSR count). The lowest BCUT2D eigenvalue weighted by Gasteiger charge is -2.07. The Hall–Kier alpha value is -2.14. The molecule has 0 saturated carbocycles. The van der Waals surface area contributed by atoms with Crippen molar-refractivity contribution in [2.24, 2.45) is 0 Å². The number of hydrogen-bond acceptors (Lipinski definition) is 4. The quantitative estimate of drug-likeness (QED) is 0.723. The maximum absolute atomic E-state index is 5.89. The Kier molecular flexibility index (Phi) is 3.52. The van der Waals surface area contributed by atoms with Gasteiger partial charge in [-0.25, -0.2) is 4.98 Å². The zero-order valence-corrected chi connectivity index (χ0v) is 11.8. The fourth-order valence-corrected chi connectivity index (χ4v) is 2.18. The van der Waals surface area contributed by atoms with E-state index in [0.717, 1.165) is 11.9 Å². The molecule has 0 unspecified atom stereocenters. The molecule has 6 heteroatoms. The number of imidazole rings is 1. The van der Waals surface area contributed by atoms with Crippen LogP contribution in [0.15, 0.2) is 30.6 Å². The van der Waals surface area contributed by atoms with E-state index in [4.69, 9.17) is 11.6 Å². The highest BCUT2D eigenvalue weighted by molar-refractivity contribution is 6.28. The molecule has 20 heavy (non-hydrogen) atoms. The molecule has 0 radical (unpaired) electrons. The third-order valence-corrected chi connectivity index (χ3v) is 3.32. The van der Waals surface area contributed by atoms with Crippen molar-refractivity contribution in [3.8, 4) is 0 Å². The third kappa shape index (κ3) is 2.58. The van der Waals surface area contributed by atoms with Gasteiger partial charge in [0, 0.05) is 6.54 Å². The average molecular weight is 288 g/mol. The number of rotatable bonds is 4. The molecule has 0 atom stereocenters. The number of benzene rings is 1. The number of aromatic amines is 1. The van der Waals surface area contributed by atoms with Crippen LogP contribution in [0.4, 0.5) is 5.82 Å². The standard InChI is InChI=1S/C14H14ClN5/c1-2-9-3-5-10(6-4-9)7-16-12-11-13(18-8-17-11)20-14(15)19-12/h3-6,8H,2,7H2,1H3,(H2,16,17,18,19,20). The van der Waals surface area contributed by atoms with Crippen LogP contribution in [0, 0.1) is 0 Å². The Labute approximate surface area is 121 Å². The average Bonchev–Trinajstić information content (AvgIpc) is 2.93. The molecule has 2 N–H and O–H groups in total. The summed E-state index contributed by atoms with van der Waals surface area (Å²) in [6.07, 6.45) is 2.63. The summed E-state index contributed by atoms with van der Waals surface area (Å²) in [6, 6.07) is 8.49. The van der Waals surface area contributed by atoms with Crippen LogP contribution >= 0.6 is 11.6 Å². The second kappa shape index (κ2) is 5.46. The van der Waals surface area contributed by atoms with E-state index in [1.807, 2.05) is 0 Å². The molecule has 0 bridgehead atoms. The summed E-state index contributed by atoms with van der Waals surface area (Å²) in [5, 5.41) is 3.45. The minimum Gasteiger partial charge on any atom is -0.364 e. The van der Waals surface area contributed by atoms with Crippen molar-refractivity contribution in [3.63, 3.8) is 0 Å². The van der Waals surface area contributed by atoms with Gasteiger partial charge in [0.25, 0.3) is 0 Å². The van der Waals surface area contributed by atoms with Crippen molar-refractivity contribution >= 4 is 28.6 Å². The molecule has 2 heterocycles. The first-order chi connectivity index (χ1) is 9.76. The molecule has 3 aromatic rings. The number of halogens is 1. The van der Waals surface area contributed by atoms with Crippen LogP contribution in [0.25, 0.3) is 11.2 Å². The van der Waals surface area contributed by atoms with Crippen molar-refractivity contribution < 1.29 is 0 Å². The summed E-state index contributed by atoms with van der Waals surface area (Å²) in [5.41, 5.74) is 3.84. The summed E-state index contributed by atoms with van der Waals surface area (Å²) >= 11 is 5.89. The van der Waals surface area contributed by atoms with Gasteiger partial charge < -0.3 is 10.3 Å². The van der Waals surface area contributed by atoms with Crippen molar-refractivity contribution in [1.82, 2.24) is 19.9 Å². The van der Waals surface area contributed by atoms with Crippen molar-refractivity contribution in [2.45, 2.75) is 19.9 Å². The second-order valence-electron chi connectivity index (χ2n) is 4.47. The molecule has 0 aliphatic heterocycles. The number of H-pyrrole nitrogens is 1. The van der Waals surface area contributed by atoms with Gasteiger partial charge in [0.05, 0.1) is 6.33 Å². The van der Waals surface area contributed by atoms with Gasteiger partial charge >= 0.3 is 0 Å². The van der Waals surface area contributed by atoms with Gasteiger partial charge in [-0.2, -0.15) is 9.97 Å². The zero-order valence-electron chi connectivity index (χ0n) is 11.0. The van der Waals surface area contributed by atoms with Crippen LogP contribution in [0.2, 0.25) is 5.28 Å². The van der Waals surface area contributed by atoms with E-state index in [9.17, 15) is 0 Å². The Bertz CT molecular complexity index is 720. The molecule has 0 saturated heterocycles. The molecule has 5 nitrogen and oxygen atoms in total. The third-order valence-electron chi connectivity index (χ3n) is 3.15. The van der Waals surface area contributed by atoms with Crippen molar-refractivity contribution in [2.75, 3.05) is 5.32 Å². The number of aryl methyl sites for hydroxylation is 1. The first kappa shape index (κ1) is 12.9. The first-order valence-electron chi connectivity index (χ1n) is 6.44. The van der Waals surface area contributed by atoms with Gasteiger partial charge in [-0.05, 0) is 29.1 Å². The lowest BCUT2D eigenvalue weighted by Crippen LogP contribution is -2.03. The molecule has 0 aliphatic rings. The lowest BCUT2D eigenvalue weighted by molar-refractivity contribution is 1.08. The van der Waals surface area contributed by atoms with Gasteiger partial charge in [-0.15, -0.1) is 0 Å². The second-order valence-corrected chi connectivity index (χ2v) is 4.80. The Morgan fingerprint density at radius 2 is 1.90 bits per heavy atom. The van der Waals surface area contributed by atoms with E-state index in [-0.39, 0.29) is 5.28 Å². The first-order valence-corrected chi connectivity index (χ1v) is 6.82. The summed E-state index contributed by atoms with van der Waals surface area (Å²) < 4.78 is 0. The molecule has 0 spiro atoms. The van der Waals surface area contributed by atoms with E-state index < -0.39 is 0 Å².